The lowest BCUT2D eigenvalue weighted by Crippen LogP contribution is -2.52. The van der Waals surface area contributed by atoms with Crippen LogP contribution in [0.2, 0.25) is 0 Å². The van der Waals surface area contributed by atoms with Crippen LogP contribution in [0.1, 0.15) is 51.0 Å². The number of hydrogen-bond donors (Lipinski definition) is 1. The van der Waals surface area contributed by atoms with Crippen LogP contribution in [0.15, 0.2) is 53.4 Å². The number of hydrogen-bond acceptors (Lipinski definition) is 4. The van der Waals surface area contributed by atoms with E-state index in [-0.39, 0.29) is 28.8 Å². The number of morpholine rings is 1. The van der Waals surface area contributed by atoms with Crippen molar-refractivity contribution in [3.05, 3.63) is 54.1 Å². The van der Waals surface area contributed by atoms with Crippen molar-refractivity contribution in [1.29, 1.82) is 0 Å². The van der Waals surface area contributed by atoms with Gasteiger partial charge in [-0.1, -0.05) is 37.3 Å². The van der Waals surface area contributed by atoms with Crippen molar-refractivity contribution in [2.24, 2.45) is 18.9 Å². The molecule has 8 heteroatoms. The van der Waals surface area contributed by atoms with Gasteiger partial charge in [-0.25, -0.2) is 13.1 Å². The van der Waals surface area contributed by atoms with Crippen molar-refractivity contribution in [2.45, 2.75) is 68.8 Å². The van der Waals surface area contributed by atoms with Crippen LogP contribution in [0.3, 0.4) is 0 Å². The molecular formula is C31H39N3O4S. The molecule has 3 aromatic rings. The van der Waals surface area contributed by atoms with Crippen LogP contribution >= 0.6 is 0 Å². The van der Waals surface area contributed by atoms with Gasteiger partial charge in [-0.15, -0.1) is 0 Å². The molecule has 208 valence electrons. The number of carbonyl (C=O) groups excluding carboxylic acids is 1. The molecule has 1 N–H and O–H groups in total. The minimum absolute atomic E-state index is 0.0189. The van der Waals surface area contributed by atoms with Gasteiger partial charge in [-0.3, -0.25) is 4.79 Å². The summed E-state index contributed by atoms with van der Waals surface area (Å²) in [7, 11) is -1.70. The third-order valence-electron chi connectivity index (χ3n) is 9.00. The predicted molar refractivity (Wildman–Crippen MR) is 153 cm³/mol. The second kappa shape index (κ2) is 10.7. The quantitative estimate of drug-likeness (QED) is 0.456. The number of carbonyl (C=O) groups is 1. The average molecular weight is 550 g/mol. The summed E-state index contributed by atoms with van der Waals surface area (Å²) in [6, 6.07) is 16.1. The van der Waals surface area contributed by atoms with Crippen molar-refractivity contribution in [1.82, 2.24) is 14.2 Å². The Morgan fingerprint density at radius 3 is 2.44 bits per heavy atom. The summed E-state index contributed by atoms with van der Waals surface area (Å²) in [5, 5.41) is 1.01. The smallest absolute Gasteiger partial charge is 0.240 e. The van der Waals surface area contributed by atoms with Crippen LogP contribution in [0.5, 0.6) is 0 Å². The fourth-order valence-corrected chi connectivity index (χ4v) is 7.74. The molecule has 2 saturated carbocycles. The first-order chi connectivity index (χ1) is 18.8. The fourth-order valence-electron chi connectivity index (χ4n) is 6.41. The maximum Gasteiger partial charge on any atom is 0.240 e. The molecule has 6 rings (SSSR count). The van der Waals surface area contributed by atoms with Gasteiger partial charge >= 0.3 is 0 Å². The lowest BCUT2D eigenvalue weighted by Gasteiger charge is -2.39. The van der Waals surface area contributed by atoms with Crippen LogP contribution in [-0.4, -0.2) is 55.6 Å². The van der Waals surface area contributed by atoms with E-state index >= 15 is 0 Å². The number of rotatable bonds is 7. The Balaban J connectivity index is 1.12. The van der Waals surface area contributed by atoms with Gasteiger partial charge < -0.3 is 14.2 Å². The molecule has 3 aliphatic rings. The highest BCUT2D eigenvalue weighted by Gasteiger charge is 2.41. The molecule has 7 nitrogen and oxygen atoms in total. The number of fused-ring (bicyclic) bond motifs is 1. The molecule has 1 atom stereocenters. The number of sulfonamides is 1. The molecule has 3 fully saturated rings. The highest BCUT2D eigenvalue weighted by molar-refractivity contribution is 7.89. The predicted octanol–water partition coefficient (Wildman–Crippen LogP) is 4.88. The molecular weight excluding hydrogens is 510 g/mol. The third kappa shape index (κ3) is 5.39. The Labute approximate surface area is 231 Å². The van der Waals surface area contributed by atoms with Crippen LogP contribution in [-0.2, 0) is 33.0 Å². The number of benzene rings is 2. The van der Waals surface area contributed by atoms with Crippen LogP contribution in [0.25, 0.3) is 22.2 Å². The van der Waals surface area contributed by atoms with Gasteiger partial charge in [-0.2, -0.15) is 0 Å². The summed E-state index contributed by atoms with van der Waals surface area (Å²) in [5.41, 5.74) is 4.35. The molecule has 39 heavy (non-hydrogen) atoms. The van der Waals surface area contributed by atoms with Gasteiger partial charge in [0.2, 0.25) is 15.9 Å². The van der Waals surface area contributed by atoms with E-state index in [4.69, 9.17) is 4.74 Å². The Kier molecular flexibility index (Phi) is 7.29. The normalized spacial score (nSPS) is 24.3. The number of amides is 1. The van der Waals surface area contributed by atoms with E-state index in [1.165, 1.54) is 18.4 Å². The lowest BCUT2D eigenvalue weighted by atomic mass is 9.85. The molecule has 1 aromatic heterocycles. The second-order valence-electron chi connectivity index (χ2n) is 11.5. The van der Waals surface area contributed by atoms with E-state index in [9.17, 15) is 13.2 Å². The van der Waals surface area contributed by atoms with E-state index < -0.39 is 10.0 Å². The Morgan fingerprint density at radius 2 is 1.74 bits per heavy atom. The van der Waals surface area contributed by atoms with Crippen LogP contribution < -0.4 is 4.72 Å². The largest absolute Gasteiger partial charge is 0.377 e. The molecule has 2 aromatic carbocycles. The molecule has 0 radical (unpaired) electrons. The van der Waals surface area contributed by atoms with Crippen molar-refractivity contribution in [3.63, 3.8) is 0 Å². The van der Waals surface area contributed by atoms with E-state index in [0.717, 1.165) is 41.4 Å². The van der Waals surface area contributed by atoms with Gasteiger partial charge in [0.1, 0.15) is 0 Å². The van der Waals surface area contributed by atoms with E-state index in [1.807, 2.05) is 13.1 Å². The average Bonchev–Trinajstić information content (AvgIpc) is 3.76. The Bertz CT molecular complexity index is 1450. The molecule has 1 aliphatic heterocycles. The summed E-state index contributed by atoms with van der Waals surface area (Å²) >= 11 is 0. The first kappa shape index (κ1) is 26.5. The maximum atomic E-state index is 13.4. The minimum Gasteiger partial charge on any atom is -0.377 e. The van der Waals surface area contributed by atoms with E-state index in [0.29, 0.717) is 38.5 Å². The standard InChI is InChI=1S/C31H39N3O4S/c1-3-21-4-6-22(7-5-21)28-18-25-12-15-27(19-29(25)33(28)2)39(36,37)32-26-13-10-24(11-14-26)31(35)34-16-17-38-20-30(34)23-8-9-23/h4-7,12,15,18-19,23-24,26,30,32H,3,8-11,13-14,16-17,20H2,1-2H3/t24-,26-,30-/m1/s1. The zero-order valence-corrected chi connectivity index (χ0v) is 23.8. The van der Waals surface area contributed by atoms with Gasteiger partial charge in [0.05, 0.1) is 24.2 Å². The summed E-state index contributed by atoms with van der Waals surface area (Å²) in [4.78, 5) is 15.7. The molecule has 1 saturated heterocycles. The highest BCUT2D eigenvalue weighted by atomic mass is 32.2. The second-order valence-corrected chi connectivity index (χ2v) is 13.3. The van der Waals surface area contributed by atoms with E-state index in [2.05, 4.69) is 51.4 Å². The molecule has 2 heterocycles. The molecule has 0 spiro atoms. The fraction of sp³-hybridized carbons (Fsp3) is 0.516. The number of aryl methyl sites for hydroxylation is 2. The summed E-state index contributed by atoms with van der Waals surface area (Å²) in [5.74, 6) is 0.817. The zero-order chi connectivity index (χ0) is 27.1. The third-order valence-corrected chi connectivity index (χ3v) is 10.5. The summed E-state index contributed by atoms with van der Waals surface area (Å²) in [6.45, 7) is 4.09. The summed E-state index contributed by atoms with van der Waals surface area (Å²) < 4.78 is 37.4. The Morgan fingerprint density at radius 1 is 1.00 bits per heavy atom. The first-order valence-electron chi connectivity index (χ1n) is 14.4. The van der Waals surface area contributed by atoms with Crippen molar-refractivity contribution in [3.8, 4) is 11.3 Å². The number of nitrogens with zero attached hydrogens (tertiary/aromatic N) is 2. The number of ether oxygens (including phenoxy) is 1. The zero-order valence-electron chi connectivity index (χ0n) is 22.9. The molecule has 0 unspecified atom stereocenters. The first-order valence-corrected chi connectivity index (χ1v) is 15.9. The molecule has 0 bridgehead atoms. The number of nitrogens with one attached hydrogen (secondary N) is 1. The van der Waals surface area contributed by atoms with Crippen LogP contribution in [0.4, 0.5) is 0 Å². The minimum atomic E-state index is -3.68. The van der Waals surface area contributed by atoms with Gasteiger partial charge in [-0.05, 0) is 80.2 Å². The monoisotopic (exact) mass is 549 g/mol. The topological polar surface area (TPSA) is 80.6 Å². The SMILES string of the molecule is CCc1ccc(-c2cc3ccc(S(=O)(=O)N[C@H]4CC[C@H](C(=O)N5CCOC[C@@H]5C5CC5)CC4)cc3n2C)cc1. The lowest BCUT2D eigenvalue weighted by molar-refractivity contribution is -0.146. The molecule has 1 amide bonds. The van der Waals surface area contributed by atoms with Gasteiger partial charge in [0, 0.05) is 42.1 Å². The number of aromatic nitrogens is 1. The maximum absolute atomic E-state index is 13.4. The van der Waals surface area contributed by atoms with Gasteiger partial charge in [0.15, 0.2) is 0 Å². The molecule has 2 aliphatic carbocycles. The van der Waals surface area contributed by atoms with E-state index in [1.54, 1.807) is 12.1 Å². The Hall–Kier alpha value is -2.68. The van der Waals surface area contributed by atoms with Crippen LogP contribution in [0, 0.1) is 11.8 Å². The van der Waals surface area contributed by atoms with Gasteiger partial charge in [0.25, 0.3) is 0 Å². The van der Waals surface area contributed by atoms with Crippen molar-refractivity contribution in [2.75, 3.05) is 19.8 Å². The summed E-state index contributed by atoms with van der Waals surface area (Å²) in [6.07, 6.45) is 6.17. The van der Waals surface area contributed by atoms with Crippen molar-refractivity contribution < 1.29 is 17.9 Å². The van der Waals surface area contributed by atoms with Crippen molar-refractivity contribution >= 4 is 26.8 Å². The highest BCUT2D eigenvalue weighted by Crippen LogP contribution is 2.38.